The van der Waals surface area contributed by atoms with E-state index in [1.54, 1.807) is 30.7 Å². The van der Waals surface area contributed by atoms with Gasteiger partial charge in [0.1, 0.15) is 0 Å². The van der Waals surface area contributed by atoms with Crippen LogP contribution in [0.4, 0.5) is 0 Å². The van der Waals surface area contributed by atoms with Crippen molar-refractivity contribution in [3.05, 3.63) is 59.5 Å². The zero-order valence-electron chi connectivity index (χ0n) is 10.2. The monoisotopic (exact) mass is 245 g/mol. The first-order valence-electron chi connectivity index (χ1n) is 5.67. The van der Waals surface area contributed by atoms with Gasteiger partial charge in [-0.15, -0.1) is 0 Å². The zero-order chi connectivity index (χ0) is 13.0. The molecule has 0 aliphatic rings. The fourth-order valence-corrected chi connectivity index (χ4v) is 1.86. The highest BCUT2D eigenvalue weighted by Gasteiger charge is 2.06. The summed E-state index contributed by atoms with van der Waals surface area (Å²) in [5.41, 5.74) is 2.41. The molecule has 0 atom stereocenters. The second kappa shape index (κ2) is 5.51. The molecule has 0 amide bonds. The van der Waals surface area contributed by atoms with Crippen molar-refractivity contribution in [2.75, 3.05) is 7.05 Å². The van der Waals surface area contributed by atoms with Gasteiger partial charge in [0, 0.05) is 18.7 Å². The van der Waals surface area contributed by atoms with Gasteiger partial charge < -0.3 is 9.52 Å². The molecule has 0 saturated heterocycles. The normalized spacial score (nSPS) is 10.8. The number of carbonyl (C=O) groups is 1. The zero-order valence-corrected chi connectivity index (χ0v) is 10.2. The molecule has 18 heavy (non-hydrogen) atoms. The van der Waals surface area contributed by atoms with E-state index in [0.717, 1.165) is 17.7 Å². The van der Waals surface area contributed by atoms with Crippen molar-refractivity contribution in [3.63, 3.8) is 0 Å². The van der Waals surface area contributed by atoms with Crippen molar-refractivity contribution in [2.45, 2.75) is 13.1 Å². The molecule has 0 saturated carbocycles. The van der Waals surface area contributed by atoms with Crippen LogP contribution in [0.15, 0.2) is 47.3 Å². The second-order valence-corrected chi connectivity index (χ2v) is 4.31. The standard InChI is InChI=1S/C14H15NO3/c1-15(9-12-5-6-18-10-12)8-11-3-2-4-13(7-11)14(16)17/h2-7,10H,8-9H2,1H3,(H,16,17). The minimum Gasteiger partial charge on any atom is -0.478 e. The third-order valence-electron chi connectivity index (χ3n) is 2.66. The van der Waals surface area contributed by atoms with Crippen LogP contribution in [0.3, 0.4) is 0 Å². The van der Waals surface area contributed by atoms with E-state index in [4.69, 9.17) is 9.52 Å². The summed E-state index contributed by atoms with van der Waals surface area (Å²) in [6.07, 6.45) is 3.36. The largest absolute Gasteiger partial charge is 0.478 e. The second-order valence-electron chi connectivity index (χ2n) is 4.31. The Hall–Kier alpha value is -2.07. The SMILES string of the molecule is CN(Cc1ccoc1)Cc1cccc(C(=O)O)c1. The number of benzene rings is 1. The molecule has 0 unspecified atom stereocenters. The van der Waals surface area contributed by atoms with Gasteiger partial charge in [0.2, 0.25) is 0 Å². The molecule has 2 aromatic rings. The van der Waals surface area contributed by atoms with Gasteiger partial charge in [-0.1, -0.05) is 12.1 Å². The molecule has 1 aromatic heterocycles. The number of carboxylic acid groups (broad SMARTS) is 1. The minimum atomic E-state index is -0.894. The first-order chi connectivity index (χ1) is 8.65. The minimum absolute atomic E-state index is 0.323. The summed E-state index contributed by atoms with van der Waals surface area (Å²) in [5, 5.41) is 8.92. The summed E-state index contributed by atoms with van der Waals surface area (Å²) in [5.74, 6) is -0.894. The molecule has 1 heterocycles. The Kier molecular flexibility index (Phi) is 3.79. The van der Waals surface area contributed by atoms with Crippen LogP contribution in [0.25, 0.3) is 0 Å². The predicted octanol–water partition coefficient (Wildman–Crippen LogP) is 2.61. The quantitative estimate of drug-likeness (QED) is 0.879. The summed E-state index contributed by atoms with van der Waals surface area (Å²) in [7, 11) is 1.99. The van der Waals surface area contributed by atoms with Crippen molar-refractivity contribution in [1.29, 1.82) is 0 Å². The predicted molar refractivity (Wildman–Crippen MR) is 67.3 cm³/mol. The van der Waals surface area contributed by atoms with Crippen molar-refractivity contribution in [2.24, 2.45) is 0 Å². The van der Waals surface area contributed by atoms with Gasteiger partial charge in [0.15, 0.2) is 0 Å². The Morgan fingerprint density at radius 3 is 2.72 bits per heavy atom. The maximum Gasteiger partial charge on any atom is 0.335 e. The molecule has 2 rings (SSSR count). The number of furan rings is 1. The van der Waals surface area contributed by atoms with Crippen LogP contribution in [0.1, 0.15) is 21.5 Å². The van der Waals surface area contributed by atoms with Gasteiger partial charge in [0.05, 0.1) is 18.1 Å². The van der Waals surface area contributed by atoms with Gasteiger partial charge in [0.25, 0.3) is 0 Å². The number of aromatic carboxylic acids is 1. The Balaban J connectivity index is 2.00. The average molecular weight is 245 g/mol. The third kappa shape index (κ3) is 3.21. The molecule has 0 fully saturated rings. The van der Waals surface area contributed by atoms with E-state index in [-0.39, 0.29) is 0 Å². The molecule has 0 aliphatic carbocycles. The van der Waals surface area contributed by atoms with Gasteiger partial charge >= 0.3 is 5.97 Å². The highest BCUT2D eigenvalue weighted by Crippen LogP contribution is 2.10. The summed E-state index contributed by atoms with van der Waals surface area (Å²) in [4.78, 5) is 13.0. The highest BCUT2D eigenvalue weighted by atomic mass is 16.4. The van der Waals surface area contributed by atoms with E-state index >= 15 is 0 Å². The van der Waals surface area contributed by atoms with Crippen molar-refractivity contribution in [3.8, 4) is 0 Å². The molecule has 0 radical (unpaired) electrons. The van der Waals surface area contributed by atoms with Crippen LogP contribution in [-0.4, -0.2) is 23.0 Å². The van der Waals surface area contributed by atoms with E-state index < -0.39 is 5.97 Å². The van der Waals surface area contributed by atoms with Crippen LogP contribution in [0.2, 0.25) is 0 Å². The summed E-state index contributed by atoms with van der Waals surface area (Å²) in [6, 6.07) is 8.92. The molecule has 1 aromatic carbocycles. The number of hydrogen-bond acceptors (Lipinski definition) is 3. The number of nitrogens with zero attached hydrogens (tertiary/aromatic N) is 1. The lowest BCUT2D eigenvalue weighted by Gasteiger charge is -2.15. The molecule has 0 spiro atoms. The Labute approximate surface area is 105 Å². The van der Waals surface area contributed by atoms with Crippen LogP contribution < -0.4 is 0 Å². The van der Waals surface area contributed by atoms with Crippen molar-refractivity contribution < 1.29 is 14.3 Å². The lowest BCUT2D eigenvalue weighted by atomic mass is 10.1. The maximum atomic E-state index is 10.9. The molecule has 94 valence electrons. The molecule has 4 nitrogen and oxygen atoms in total. The molecular formula is C14H15NO3. The Morgan fingerprint density at radius 1 is 1.28 bits per heavy atom. The first kappa shape index (κ1) is 12.4. The van der Waals surface area contributed by atoms with E-state index in [2.05, 4.69) is 4.90 Å². The van der Waals surface area contributed by atoms with Gasteiger partial charge in [-0.25, -0.2) is 4.79 Å². The van der Waals surface area contributed by atoms with Crippen LogP contribution in [0, 0.1) is 0 Å². The third-order valence-corrected chi connectivity index (χ3v) is 2.66. The van der Waals surface area contributed by atoms with E-state index in [9.17, 15) is 4.79 Å². The molecule has 4 heteroatoms. The lowest BCUT2D eigenvalue weighted by Crippen LogP contribution is -2.17. The van der Waals surface area contributed by atoms with Gasteiger partial charge in [-0.3, -0.25) is 4.90 Å². The fourth-order valence-electron chi connectivity index (χ4n) is 1.86. The van der Waals surface area contributed by atoms with E-state index in [1.807, 2.05) is 19.2 Å². The highest BCUT2D eigenvalue weighted by molar-refractivity contribution is 5.87. The Morgan fingerprint density at radius 2 is 2.06 bits per heavy atom. The maximum absolute atomic E-state index is 10.9. The number of carboxylic acids is 1. The van der Waals surface area contributed by atoms with E-state index in [0.29, 0.717) is 12.1 Å². The van der Waals surface area contributed by atoms with Crippen LogP contribution in [0.5, 0.6) is 0 Å². The average Bonchev–Trinajstić information content (AvgIpc) is 2.82. The van der Waals surface area contributed by atoms with Gasteiger partial charge in [-0.2, -0.15) is 0 Å². The number of rotatable bonds is 5. The van der Waals surface area contributed by atoms with Crippen LogP contribution in [-0.2, 0) is 13.1 Å². The topological polar surface area (TPSA) is 53.7 Å². The molecule has 0 aliphatic heterocycles. The van der Waals surface area contributed by atoms with Crippen molar-refractivity contribution in [1.82, 2.24) is 4.90 Å². The van der Waals surface area contributed by atoms with Crippen molar-refractivity contribution >= 4 is 5.97 Å². The summed E-state index contributed by atoms with van der Waals surface area (Å²) in [6.45, 7) is 1.47. The lowest BCUT2D eigenvalue weighted by molar-refractivity contribution is 0.0696. The molecule has 0 bridgehead atoms. The van der Waals surface area contributed by atoms with E-state index in [1.165, 1.54) is 0 Å². The number of hydrogen-bond donors (Lipinski definition) is 1. The fraction of sp³-hybridized carbons (Fsp3) is 0.214. The Bertz CT molecular complexity index is 520. The molecular weight excluding hydrogens is 230 g/mol. The van der Waals surface area contributed by atoms with Crippen LogP contribution >= 0.6 is 0 Å². The summed E-state index contributed by atoms with van der Waals surface area (Å²) < 4.78 is 5.01. The summed E-state index contributed by atoms with van der Waals surface area (Å²) >= 11 is 0. The molecule has 1 N–H and O–H groups in total. The van der Waals surface area contributed by atoms with Gasteiger partial charge in [-0.05, 0) is 30.8 Å². The first-order valence-corrected chi connectivity index (χ1v) is 5.67. The smallest absolute Gasteiger partial charge is 0.335 e.